The molecule has 0 saturated carbocycles. The van der Waals surface area contributed by atoms with E-state index in [9.17, 15) is 9.59 Å². The van der Waals surface area contributed by atoms with E-state index >= 15 is 0 Å². The third-order valence-electron chi connectivity index (χ3n) is 2.33. The van der Waals surface area contributed by atoms with Gasteiger partial charge in [-0.3, -0.25) is 14.9 Å². The lowest BCUT2D eigenvalue weighted by Gasteiger charge is -1.98. The number of amides is 2. The molecule has 116 valence electrons. The first-order chi connectivity index (χ1) is 10.7. The van der Waals surface area contributed by atoms with Gasteiger partial charge in [-0.05, 0) is 13.8 Å². The fourth-order valence-corrected chi connectivity index (χ4v) is 2.05. The standard InChI is InChI=1S/C16H19N3O2S/c1-3-5-7-9-14(20)17-11-13-12-22-16(18-13)19-15(21)10-8-6-4-2/h3-10,12H,11H2,1-2H3,(H,17,20)(H,18,19,21)/b5-3+,6-4+,9-7+,10-8+. The first kappa shape index (κ1) is 17.6. The zero-order valence-corrected chi connectivity index (χ0v) is 13.4. The maximum atomic E-state index is 11.6. The van der Waals surface area contributed by atoms with E-state index < -0.39 is 0 Å². The van der Waals surface area contributed by atoms with Crippen molar-refractivity contribution in [2.75, 3.05) is 5.32 Å². The van der Waals surface area contributed by atoms with Crippen molar-refractivity contribution in [2.45, 2.75) is 20.4 Å². The number of nitrogens with one attached hydrogen (secondary N) is 2. The molecule has 0 radical (unpaired) electrons. The van der Waals surface area contributed by atoms with E-state index in [-0.39, 0.29) is 11.8 Å². The van der Waals surface area contributed by atoms with Crippen molar-refractivity contribution in [3.05, 3.63) is 59.7 Å². The van der Waals surface area contributed by atoms with E-state index in [1.807, 2.05) is 26.0 Å². The zero-order valence-electron chi connectivity index (χ0n) is 12.6. The summed E-state index contributed by atoms with van der Waals surface area (Å²) in [6, 6.07) is 0. The van der Waals surface area contributed by atoms with Crippen LogP contribution in [0, 0.1) is 0 Å². The van der Waals surface area contributed by atoms with Crippen molar-refractivity contribution < 1.29 is 9.59 Å². The van der Waals surface area contributed by atoms with Gasteiger partial charge in [-0.2, -0.15) is 0 Å². The maximum absolute atomic E-state index is 11.6. The Labute approximate surface area is 134 Å². The van der Waals surface area contributed by atoms with Crippen LogP contribution in [0.25, 0.3) is 0 Å². The van der Waals surface area contributed by atoms with Crippen molar-refractivity contribution in [1.82, 2.24) is 10.3 Å². The fraction of sp³-hybridized carbons (Fsp3) is 0.188. The first-order valence-electron chi connectivity index (χ1n) is 6.77. The second kappa shape index (κ2) is 10.3. The second-order valence-corrected chi connectivity index (χ2v) is 4.98. The van der Waals surface area contributed by atoms with E-state index in [2.05, 4.69) is 15.6 Å². The average Bonchev–Trinajstić information content (AvgIpc) is 2.93. The van der Waals surface area contributed by atoms with Crippen LogP contribution in [0.2, 0.25) is 0 Å². The van der Waals surface area contributed by atoms with Crippen LogP contribution in [-0.4, -0.2) is 16.8 Å². The van der Waals surface area contributed by atoms with Crippen LogP contribution < -0.4 is 10.6 Å². The summed E-state index contributed by atoms with van der Waals surface area (Å²) < 4.78 is 0. The second-order valence-electron chi connectivity index (χ2n) is 4.12. The number of thiazole rings is 1. The largest absolute Gasteiger partial charge is 0.347 e. The molecule has 0 aliphatic carbocycles. The van der Waals surface area contributed by atoms with Crippen LogP contribution in [-0.2, 0) is 16.1 Å². The third kappa shape index (κ3) is 7.35. The molecule has 0 aliphatic heterocycles. The van der Waals surface area contributed by atoms with E-state index in [4.69, 9.17) is 0 Å². The highest BCUT2D eigenvalue weighted by atomic mass is 32.1. The van der Waals surface area contributed by atoms with E-state index in [0.29, 0.717) is 17.4 Å². The van der Waals surface area contributed by atoms with E-state index in [0.717, 1.165) is 0 Å². The van der Waals surface area contributed by atoms with Gasteiger partial charge in [0.1, 0.15) is 0 Å². The number of carbonyl (C=O) groups excluding carboxylic acids is 2. The Morgan fingerprint density at radius 3 is 2.36 bits per heavy atom. The van der Waals surface area contributed by atoms with Crippen molar-refractivity contribution in [3.63, 3.8) is 0 Å². The molecule has 2 amide bonds. The predicted molar refractivity (Wildman–Crippen MR) is 90.5 cm³/mol. The highest BCUT2D eigenvalue weighted by molar-refractivity contribution is 7.13. The van der Waals surface area contributed by atoms with Crippen molar-refractivity contribution in [3.8, 4) is 0 Å². The van der Waals surface area contributed by atoms with Crippen LogP contribution in [0.3, 0.4) is 0 Å². The van der Waals surface area contributed by atoms with Crippen LogP contribution in [0.15, 0.2) is 54.0 Å². The Hall–Kier alpha value is -2.47. The van der Waals surface area contributed by atoms with E-state index in [1.54, 1.807) is 29.7 Å². The Morgan fingerprint density at radius 1 is 1.09 bits per heavy atom. The molecule has 1 aromatic heterocycles. The van der Waals surface area contributed by atoms with Gasteiger partial charge in [0.2, 0.25) is 11.8 Å². The van der Waals surface area contributed by atoms with Gasteiger partial charge >= 0.3 is 0 Å². The Kier molecular flexibility index (Phi) is 8.22. The molecule has 1 rings (SSSR count). The summed E-state index contributed by atoms with van der Waals surface area (Å²) in [4.78, 5) is 27.3. The normalized spacial score (nSPS) is 11.9. The van der Waals surface area contributed by atoms with Gasteiger partial charge in [0.25, 0.3) is 0 Å². The number of rotatable bonds is 7. The monoisotopic (exact) mass is 317 g/mol. The predicted octanol–water partition coefficient (Wildman–Crippen LogP) is 2.96. The smallest absolute Gasteiger partial charge is 0.250 e. The number of aromatic nitrogens is 1. The molecule has 6 heteroatoms. The minimum Gasteiger partial charge on any atom is -0.347 e. The van der Waals surface area contributed by atoms with Gasteiger partial charge in [-0.15, -0.1) is 11.3 Å². The molecule has 2 N–H and O–H groups in total. The molecule has 0 saturated heterocycles. The maximum Gasteiger partial charge on any atom is 0.250 e. The molecule has 0 atom stereocenters. The molecule has 0 aliphatic rings. The minimum absolute atomic E-state index is 0.189. The molecule has 0 fully saturated rings. The van der Waals surface area contributed by atoms with Crippen molar-refractivity contribution >= 4 is 28.3 Å². The lowest BCUT2D eigenvalue weighted by atomic mass is 10.4. The van der Waals surface area contributed by atoms with Crippen LogP contribution in [0.1, 0.15) is 19.5 Å². The Morgan fingerprint density at radius 2 is 1.73 bits per heavy atom. The van der Waals surface area contributed by atoms with Gasteiger partial charge < -0.3 is 5.32 Å². The summed E-state index contributed by atoms with van der Waals surface area (Å²) in [5, 5.41) is 7.67. The lowest BCUT2D eigenvalue weighted by molar-refractivity contribution is -0.116. The molecule has 22 heavy (non-hydrogen) atoms. The Balaban J connectivity index is 2.44. The SMILES string of the molecule is C/C=C/C=C/C(=O)NCc1csc(NC(=O)/C=C/C=C/C)n1. The molecular formula is C16H19N3O2S. The van der Waals surface area contributed by atoms with Crippen molar-refractivity contribution in [1.29, 1.82) is 0 Å². The Bertz CT molecular complexity index is 613. The summed E-state index contributed by atoms with van der Waals surface area (Å²) in [5.41, 5.74) is 0.700. The molecule has 0 aromatic carbocycles. The number of anilines is 1. The van der Waals surface area contributed by atoms with Crippen LogP contribution in [0.4, 0.5) is 5.13 Å². The summed E-state index contributed by atoms with van der Waals surface area (Å²) in [7, 11) is 0. The zero-order chi connectivity index (χ0) is 16.2. The van der Waals surface area contributed by atoms with Gasteiger partial charge in [0.15, 0.2) is 5.13 Å². The van der Waals surface area contributed by atoms with Gasteiger partial charge in [0.05, 0.1) is 12.2 Å². The highest BCUT2D eigenvalue weighted by Crippen LogP contribution is 2.15. The third-order valence-corrected chi connectivity index (χ3v) is 3.13. The summed E-state index contributed by atoms with van der Waals surface area (Å²) in [6.45, 7) is 4.07. The number of hydrogen-bond donors (Lipinski definition) is 2. The molecule has 0 bridgehead atoms. The van der Waals surface area contributed by atoms with Gasteiger partial charge in [-0.25, -0.2) is 4.98 Å². The summed E-state index contributed by atoms with van der Waals surface area (Å²) in [6.07, 6.45) is 13.4. The molecule has 5 nitrogen and oxygen atoms in total. The molecule has 1 heterocycles. The quantitative estimate of drug-likeness (QED) is 0.600. The van der Waals surface area contributed by atoms with Crippen LogP contribution >= 0.6 is 11.3 Å². The van der Waals surface area contributed by atoms with Gasteiger partial charge in [-0.1, -0.05) is 36.5 Å². The highest BCUT2D eigenvalue weighted by Gasteiger charge is 2.05. The number of hydrogen-bond acceptors (Lipinski definition) is 4. The summed E-state index contributed by atoms with van der Waals surface area (Å²) >= 11 is 1.31. The molecule has 1 aromatic rings. The number of carbonyl (C=O) groups is 2. The minimum atomic E-state index is -0.239. The summed E-state index contributed by atoms with van der Waals surface area (Å²) in [5.74, 6) is -0.428. The number of allylic oxidation sites excluding steroid dienone is 6. The van der Waals surface area contributed by atoms with Crippen molar-refractivity contribution in [2.24, 2.45) is 0 Å². The van der Waals surface area contributed by atoms with Gasteiger partial charge in [0, 0.05) is 17.5 Å². The average molecular weight is 317 g/mol. The number of nitrogens with zero attached hydrogens (tertiary/aromatic N) is 1. The van der Waals surface area contributed by atoms with Crippen LogP contribution in [0.5, 0.6) is 0 Å². The van der Waals surface area contributed by atoms with E-state index in [1.165, 1.54) is 23.5 Å². The molecular weight excluding hydrogens is 298 g/mol. The molecule has 0 spiro atoms. The topological polar surface area (TPSA) is 71.1 Å². The first-order valence-corrected chi connectivity index (χ1v) is 7.65. The molecule has 0 unspecified atom stereocenters. The lowest BCUT2D eigenvalue weighted by Crippen LogP contribution is -2.20. The fourth-order valence-electron chi connectivity index (χ4n) is 1.34.